The summed E-state index contributed by atoms with van der Waals surface area (Å²) >= 11 is 0. The molecule has 1 aliphatic rings. The van der Waals surface area contributed by atoms with E-state index in [1.54, 1.807) is 37.7 Å². The van der Waals surface area contributed by atoms with Crippen molar-refractivity contribution >= 4 is 17.8 Å². The van der Waals surface area contributed by atoms with Crippen molar-refractivity contribution in [2.24, 2.45) is 5.73 Å². The molecule has 0 spiro atoms. The van der Waals surface area contributed by atoms with Gasteiger partial charge in [-0.05, 0) is 49.2 Å². The second kappa shape index (κ2) is 17.0. The first-order chi connectivity index (χ1) is 19.7. The lowest BCUT2D eigenvalue weighted by Crippen LogP contribution is -2.24. The monoisotopic (exact) mass is 558 g/mol. The van der Waals surface area contributed by atoms with Crippen molar-refractivity contribution in [2.75, 3.05) is 12.8 Å². The number of nitrogens with one attached hydrogen (secondary N) is 2. The quantitative estimate of drug-likeness (QED) is 0.216. The predicted molar refractivity (Wildman–Crippen MR) is 163 cm³/mol. The molecule has 41 heavy (non-hydrogen) atoms. The normalized spacial score (nSPS) is 13.6. The van der Waals surface area contributed by atoms with Gasteiger partial charge in [0.1, 0.15) is 29.3 Å². The van der Waals surface area contributed by atoms with E-state index in [4.69, 9.17) is 10.5 Å². The van der Waals surface area contributed by atoms with E-state index in [0.29, 0.717) is 42.2 Å². The maximum absolute atomic E-state index is 15.0. The summed E-state index contributed by atoms with van der Waals surface area (Å²) in [5, 5.41) is 3.45. The zero-order valence-corrected chi connectivity index (χ0v) is 24.1. The lowest BCUT2D eigenvalue weighted by Gasteiger charge is -2.22. The number of nitrogens with two attached hydrogens (primary N) is 2. The number of ether oxygens (including phenoxy) is 1. The first-order valence-electron chi connectivity index (χ1n) is 13.2. The van der Waals surface area contributed by atoms with E-state index in [1.165, 1.54) is 13.0 Å². The Labute approximate surface area is 241 Å². The standard InChI is InChI=1S/C25H24FN5O.C5H10.C2H5NO/c1-3-6-18-15-29-25(31-18)23(21-14-19(32-2)9-10-22(21)26)30-17-7-4-5-8-20-16(13-17)11-12-28-24(20)27;1-3-5-4-2;1-2(3)4/h3,9-15,23,30H,1,6-8H2,2H3,(H2,27,28)(H,29,31);3,5H,4H2,1-2H3;1H3,(H2,3,4)/b17-13+;5-3-;. The van der Waals surface area contributed by atoms with Crippen LogP contribution in [0.3, 0.4) is 0 Å². The Balaban J connectivity index is 0.000000571. The van der Waals surface area contributed by atoms with Gasteiger partial charge in [0.25, 0.3) is 0 Å². The summed E-state index contributed by atoms with van der Waals surface area (Å²) < 4.78 is 20.3. The zero-order valence-electron chi connectivity index (χ0n) is 24.1. The molecule has 2 aromatic heterocycles. The van der Waals surface area contributed by atoms with Crippen molar-refractivity contribution in [2.45, 2.75) is 52.5 Å². The highest BCUT2D eigenvalue weighted by molar-refractivity contribution is 5.70. The summed E-state index contributed by atoms with van der Waals surface area (Å²) in [5.74, 6) is 7.19. The van der Waals surface area contributed by atoms with Gasteiger partial charge in [0, 0.05) is 61.1 Å². The number of halogens is 1. The van der Waals surface area contributed by atoms with E-state index in [-0.39, 0.29) is 11.7 Å². The highest BCUT2D eigenvalue weighted by atomic mass is 19.1. The fourth-order valence-electron chi connectivity index (χ4n) is 3.86. The topological polar surface area (TPSA) is 132 Å². The number of aromatic amines is 1. The van der Waals surface area contributed by atoms with Crippen LogP contribution in [-0.2, 0) is 17.6 Å². The zero-order chi connectivity index (χ0) is 30.2. The number of nitrogen functional groups attached to an aromatic ring is 1. The minimum atomic E-state index is -0.584. The summed E-state index contributed by atoms with van der Waals surface area (Å²) in [6.45, 7) is 9.23. The number of rotatable bonds is 8. The fourth-order valence-corrected chi connectivity index (χ4v) is 3.86. The second-order valence-electron chi connectivity index (χ2n) is 8.98. The predicted octanol–water partition coefficient (Wildman–Crippen LogP) is 5.40. The number of hydrogen-bond acceptors (Lipinski definition) is 6. The number of amides is 1. The Morgan fingerprint density at radius 3 is 2.66 bits per heavy atom. The Morgan fingerprint density at radius 2 is 2.02 bits per heavy atom. The summed E-state index contributed by atoms with van der Waals surface area (Å²) in [6.07, 6.45) is 14.2. The lowest BCUT2D eigenvalue weighted by molar-refractivity contribution is -0.115. The van der Waals surface area contributed by atoms with Crippen molar-refractivity contribution in [1.29, 1.82) is 0 Å². The van der Waals surface area contributed by atoms with E-state index in [2.05, 4.69) is 63.5 Å². The SMILES string of the molecule is C/C=C\CC.C=CCc1cnc(C(N/C2=C/c3ccnc(N)c3CC#CC2)c2cc(OC)ccc2F)[nH]1.CC(N)=O. The maximum Gasteiger partial charge on any atom is 0.214 e. The number of anilines is 1. The van der Waals surface area contributed by atoms with Gasteiger partial charge in [0.05, 0.1) is 7.11 Å². The van der Waals surface area contributed by atoms with E-state index < -0.39 is 6.04 Å². The maximum atomic E-state index is 15.0. The Hall–Kier alpha value is -4.84. The highest BCUT2D eigenvalue weighted by Gasteiger charge is 2.23. The van der Waals surface area contributed by atoms with Gasteiger partial charge in [-0.25, -0.2) is 14.4 Å². The molecule has 1 aliphatic carbocycles. The molecular formula is C32H39FN6O2. The van der Waals surface area contributed by atoms with Crippen molar-refractivity contribution < 1.29 is 13.9 Å². The van der Waals surface area contributed by atoms with Gasteiger partial charge in [-0.15, -0.1) is 6.58 Å². The van der Waals surface area contributed by atoms with Crippen LogP contribution < -0.4 is 21.5 Å². The molecule has 1 amide bonds. The van der Waals surface area contributed by atoms with Crippen molar-refractivity contribution in [1.82, 2.24) is 20.3 Å². The second-order valence-corrected chi connectivity index (χ2v) is 8.98. The van der Waals surface area contributed by atoms with Crippen LogP contribution in [0, 0.1) is 17.7 Å². The average Bonchev–Trinajstić information content (AvgIpc) is 3.38. The molecule has 8 nitrogen and oxygen atoms in total. The molecule has 2 heterocycles. The largest absolute Gasteiger partial charge is 0.497 e. The van der Waals surface area contributed by atoms with Gasteiger partial charge in [-0.2, -0.15) is 0 Å². The van der Waals surface area contributed by atoms with Gasteiger partial charge < -0.3 is 26.5 Å². The van der Waals surface area contributed by atoms with Gasteiger partial charge in [-0.3, -0.25) is 4.79 Å². The van der Waals surface area contributed by atoms with E-state index >= 15 is 0 Å². The van der Waals surface area contributed by atoms with E-state index in [9.17, 15) is 9.18 Å². The molecule has 0 saturated carbocycles. The molecule has 216 valence electrons. The molecule has 4 rings (SSSR count). The molecule has 0 saturated heterocycles. The molecule has 1 atom stereocenters. The number of pyridine rings is 1. The van der Waals surface area contributed by atoms with Gasteiger partial charge in [-0.1, -0.05) is 37.0 Å². The first-order valence-corrected chi connectivity index (χ1v) is 13.2. The number of methoxy groups -OCH3 is 1. The molecule has 0 bridgehead atoms. The number of H-pyrrole nitrogens is 1. The number of nitrogens with zero attached hydrogens (tertiary/aromatic N) is 2. The number of fused-ring (bicyclic) bond motifs is 1. The molecule has 0 fully saturated rings. The molecule has 0 radical (unpaired) electrons. The first kappa shape index (κ1) is 32.4. The molecular weight excluding hydrogens is 519 g/mol. The number of benzene rings is 1. The van der Waals surface area contributed by atoms with Crippen LogP contribution in [0.5, 0.6) is 5.75 Å². The van der Waals surface area contributed by atoms with Crippen LogP contribution in [0.25, 0.3) is 6.08 Å². The van der Waals surface area contributed by atoms with Crippen LogP contribution in [0.15, 0.2) is 67.2 Å². The fraction of sp³-hybridized carbons (Fsp3) is 0.281. The van der Waals surface area contributed by atoms with Gasteiger partial charge in [0.15, 0.2) is 0 Å². The van der Waals surface area contributed by atoms with E-state index in [0.717, 1.165) is 28.9 Å². The van der Waals surface area contributed by atoms with Crippen molar-refractivity contribution in [3.63, 3.8) is 0 Å². The Bertz CT molecular complexity index is 1430. The van der Waals surface area contributed by atoms with Crippen molar-refractivity contribution in [3.8, 4) is 17.6 Å². The Morgan fingerprint density at radius 1 is 1.29 bits per heavy atom. The molecule has 3 aromatic rings. The third kappa shape index (κ3) is 10.3. The lowest BCUT2D eigenvalue weighted by atomic mass is 10.0. The molecule has 6 N–H and O–H groups in total. The van der Waals surface area contributed by atoms with Crippen LogP contribution in [0.2, 0.25) is 0 Å². The van der Waals surface area contributed by atoms with Crippen LogP contribution in [0.1, 0.15) is 67.9 Å². The number of hydrogen-bond donors (Lipinski definition) is 4. The van der Waals surface area contributed by atoms with Crippen LogP contribution >= 0.6 is 0 Å². The number of allylic oxidation sites excluding steroid dienone is 4. The number of imidazole rings is 1. The average molecular weight is 559 g/mol. The smallest absolute Gasteiger partial charge is 0.214 e. The third-order valence-electron chi connectivity index (χ3n) is 5.73. The summed E-state index contributed by atoms with van der Waals surface area (Å²) in [5.41, 5.74) is 14.5. The van der Waals surface area contributed by atoms with Crippen LogP contribution in [0.4, 0.5) is 10.2 Å². The Kier molecular flexibility index (Phi) is 13.4. The molecule has 1 unspecified atom stereocenters. The van der Waals surface area contributed by atoms with Crippen molar-refractivity contribution in [3.05, 3.63) is 101 Å². The van der Waals surface area contributed by atoms with Gasteiger partial charge in [0.2, 0.25) is 5.91 Å². The number of aromatic nitrogens is 3. The number of primary amides is 1. The summed E-state index contributed by atoms with van der Waals surface area (Å²) in [7, 11) is 1.55. The minimum Gasteiger partial charge on any atom is -0.497 e. The van der Waals surface area contributed by atoms with E-state index in [1.807, 2.05) is 19.1 Å². The molecule has 1 aromatic carbocycles. The van der Waals surface area contributed by atoms with Gasteiger partial charge >= 0.3 is 0 Å². The summed E-state index contributed by atoms with van der Waals surface area (Å²) in [4.78, 5) is 21.2. The number of carbonyl (C=O) groups is 1. The molecule has 9 heteroatoms. The summed E-state index contributed by atoms with van der Waals surface area (Å²) in [6, 6.07) is 5.97. The molecule has 0 aliphatic heterocycles. The third-order valence-corrected chi connectivity index (χ3v) is 5.73. The number of carbonyl (C=O) groups excluding carboxylic acids is 1. The highest BCUT2D eigenvalue weighted by Crippen LogP contribution is 2.29. The minimum absolute atomic E-state index is 0.333. The van der Waals surface area contributed by atoms with Crippen LogP contribution in [-0.4, -0.2) is 28.0 Å².